The van der Waals surface area contributed by atoms with Crippen molar-refractivity contribution in [2.45, 2.75) is 86.5 Å². The van der Waals surface area contributed by atoms with Crippen LogP contribution in [0.4, 0.5) is 0 Å². The maximum Gasteiger partial charge on any atom is 0.307 e. The van der Waals surface area contributed by atoms with Crippen molar-refractivity contribution in [3.8, 4) is 0 Å². The van der Waals surface area contributed by atoms with E-state index >= 15 is 0 Å². The van der Waals surface area contributed by atoms with Gasteiger partial charge in [-0.05, 0) is 128 Å². The van der Waals surface area contributed by atoms with Crippen molar-refractivity contribution < 1.29 is 15.0 Å². The summed E-state index contributed by atoms with van der Waals surface area (Å²) in [5.41, 5.74) is 1.42. The Hall–Kier alpha value is -0.830. The van der Waals surface area contributed by atoms with Crippen LogP contribution in [0.25, 0.3) is 0 Å². The van der Waals surface area contributed by atoms with Crippen LogP contribution in [0.3, 0.4) is 0 Å². The minimum atomic E-state index is -0.623. The Morgan fingerprint density at radius 3 is 2.21 bits per heavy atom. The number of fused-ring (bicyclic) bond motifs is 7. The first kappa shape index (κ1) is 24.8. The number of rotatable bonds is 3. The highest BCUT2D eigenvalue weighted by atomic mass is 16.4. The molecule has 0 aromatic heterocycles. The molecule has 5 aliphatic rings. The van der Waals surface area contributed by atoms with Crippen molar-refractivity contribution >= 4 is 5.97 Å². The topological polar surface area (TPSA) is 57.5 Å². The van der Waals surface area contributed by atoms with Gasteiger partial charge in [-0.3, -0.25) is 4.79 Å². The second kappa shape index (κ2) is 8.35. The maximum absolute atomic E-state index is 12.9. The number of aliphatic hydroxyl groups excluding tert-OH is 1. The van der Waals surface area contributed by atoms with E-state index in [9.17, 15) is 15.0 Å². The van der Waals surface area contributed by atoms with E-state index < -0.39 is 5.97 Å². The molecule has 0 aromatic rings. The Kier molecular flexibility index (Phi) is 6.10. The molecule has 5 saturated carbocycles. The zero-order valence-electron chi connectivity index (χ0n) is 22.6. The molecule has 34 heavy (non-hydrogen) atoms. The summed E-state index contributed by atoms with van der Waals surface area (Å²) in [4.78, 5) is 12.9. The molecule has 0 radical (unpaired) electrons. The van der Waals surface area contributed by atoms with E-state index in [-0.39, 0.29) is 29.8 Å². The molecule has 0 saturated heterocycles. The van der Waals surface area contributed by atoms with E-state index in [1.165, 1.54) is 44.1 Å². The highest BCUT2D eigenvalue weighted by molar-refractivity contribution is 5.72. The third-order valence-electron chi connectivity index (χ3n) is 12.7. The van der Waals surface area contributed by atoms with E-state index in [1.54, 1.807) is 0 Å². The minimum absolute atomic E-state index is 0.0841. The summed E-state index contributed by atoms with van der Waals surface area (Å²) >= 11 is 0. The van der Waals surface area contributed by atoms with Crippen LogP contribution in [-0.2, 0) is 4.79 Å². The molecule has 0 aliphatic heterocycles. The van der Waals surface area contributed by atoms with Gasteiger partial charge in [0, 0.05) is 6.61 Å². The van der Waals surface area contributed by atoms with Gasteiger partial charge in [0.15, 0.2) is 0 Å². The predicted molar refractivity (Wildman–Crippen MR) is 137 cm³/mol. The second-order valence-electron chi connectivity index (χ2n) is 14.8. The lowest BCUT2D eigenvalue weighted by Gasteiger charge is -2.65. The third-order valence-corrected chi connectivity index (χ3v) is 12.7. The van der Waals surface area contributed by atoms with Crippen LogP contribution >= 0.6 is 0 Å². The predicted octanol–water partition coefficient (Wildman–Crippen LogP) is 6.90. The molecule has 0 heterocycles. The lowest BCUT2D eigenvalue weighted by molar-refractivity contribution is -0.191. The van der Waals surface area contributed by atoms with Crippen molar-refractivity contribution in [2.24, 2.45) is 81.8 Å². The van der Waals surface area contributed by atoms with Crippen molar-refractivity contribution in [3.05, 3.63) is 12.2 Å². The Morgan fingerprint density at radius 1 is 0.941 bits per heavy atom. The van der Waals surface area contributed by atoms with Crippen molar-refractivity contribution in [1.29, 1.82) is 0 Å². The quantitative estimate of drug-likeness (QED) is 0.441. The van der Waals surface area contributed by atoms with Gasteiger partial charge in [0.2, 0.25) is 0 Å². The van der Waals surface area contributed by atoms with E-state index in [4.69, 9.17) is 0 Å². The van der Waals surface area contributed by atoms with Gasteiger partial charge >= 0.3 is 5.97 Å². The Bertz CT molecular complexity index is 827. The summed E-state index contributed by atoms with van der Waals surface area (Å²) < 4.78 is 0. The van der Waals surface area contributed by atoms with Crippen LogP contribution < -0.4 is 0 Å². The second-order valence-corrected chi connectivity index (χ2v) is 14.8. The lowest BCUT2D eigenvalue weighted by Crippen LogP contribution is -2.61. The molecule has 2 N–H and O–H groups in total. The molecule has 0 aromatic carbocycles. The molecule has 5 fully saturated rings. The fourth-order valence-corrected chi connectivity index (χ4v) is 11.6. The minimum Gasteiger partial charge on any atom is -0.481 e. The first-order valence-corrected chi connectivity index (χ1v) is 14.4. The van der Waals surface area contributed by atoms with Crippen LogP contribution in [0.5, 0.6) is 0 Å². The molecule has 0 amide bonds. The molecule has 0 bridgehead atoms. The average molecular weight is 471 g/mol. The number of aliphatic hydroxyl groups is 1. The van der Waals surface area contributed by atoms with Gasteiger partial charge in [0.1, 0.15) is 0 Å². The molecule has 3 nitrogen and oxygen atoms in total. The SMILES string of the molecule is C=C(C)C1C[C@H](CO)C2C1C1CCC3C(CCC4C3[C@@H](C)CCC4(C)C)C1C(C)(C)C2C(=O)O. The summed E-state index contributed by atoms with van der Waals surface area (Å²) in [6, 6.07) is 0. The average Bonchev–Trinajstić information content (AvgIpc) is 3.14. The molecule has 5 aliphatic carbocycles. The number of aliphatic carboxylic acids is 1. The van der Waals surface area contributed by atoms with E-state index in [1.807, 2.05) is 0 Å². The Balaban J connectivity index is 1.57. The van der Waals surface area contributed by atoms with Gasteiger partial charge in [-0.15, -0.1) is 0 Å². The Morgan fingerprint density at radius 2 is 1.59 bits per heavy atom. The highest BCUT2D eigenvalue weighted by Crippen LogP contribution is 2.70. The van der Waals surface area contributed by atoms with Gasteiger partial charge in [0.25, 0.3) is 0 Å². The van der Waals surface area contributed by atoms with Gasteiger partial charge < -0.3 is 10.2 Å². The maximum atomic E-state index is 12.9. The first-order chi connectivity index (χ1) is 15.9. The van der Waals surface area contributed by atoms with E-state index in [0.29, 0.717) is 35.0 Å². The summed E-state index contributed by atoms with van der Waals surface area (Å²) in [6.07, 6.45) is 8.84. The number of carboxylic acid groups (broad SMARTS) is 1. The van der Waals surface area contributed by atoms with Crippen LogP contribution in [0.15, 0.2) is 12.2 Å². The number of allylic oxidation sites excluding steroid dienone is 1. The molecule has 12 atom stereocenters. The molecule has 192 valence electrons. The summed E-state index contributed by atoms with van der Waals surface area (Å²) in [5, 5.41) is 21.0. The first-order valence-electron chi connectivity index (χ1n) is 14.4. The van der Waals surface area contributed by atoms with Crippen LogP contribution in [-0.4, -0.2) is 22.8 Å². The molecule has 3 heteroatoms. The number of carboxylic acids is 1. The fourth-order valence-electron chi connectivity index (χ4n) is 11.6. The molecular weight excluding hydrogens is 420 g/mol. The van der Waals surface area contributed by atoms with Crippen molar-refractivity contribution in [2.75, 3.05) is 6.61 Å². The smallest absolute Gasteiger partial charge is 0.307 e. The van der Waals surface area contributed by atoms with Crippen LogP contribution in [0.1, 0.15) is 86.5 Å². The standard InChI is InChI=1S/C31H50O3/c1-16(2)22-14-18(15-32)25-26(22)21-9-8-19-20(27(21)31(6,7)28(25)29(33)34)10-11-23-24(19)17(3)12-13-30(23,4)5/h17-28,32H,1,8-15H2,2-7H3,(H,33,34)/t17-,18+,19?,20?,21?,22?,23?,24?,25?,26?,27?,28?/m0/s1. The number of hydrogen-bond donors (Lipinski definition) is 2. The van der Waals surface area contributed by atoms with Gasteiger partial charge in [-0.25, -0.2) is 0 Å². The highest BCUT2D eigenvalue weighted by Gasteiger charge is 2.67. The molecule has 0 spiro atoms. The monoisotopic (exact) mass is 470 g/mol. The van der Waals surface area contributed by atoms with Gasteiger partial charge in [-0.1, -0.05) is 46.8 Å². The molecular formula is C31H50O3. The lowest BCUT2D eigenvalue weighted by atomic mass is 9.39. The largest absolute Gasteiger partial charge is 0.481 e. The summed E-state index contributed by atoms with van der Waals surface area (Å²) in [5.74, 6) is 4.87. The molecule has 5 rings (SSSR count). The number of carbonyl (C=O) groups is 1. The summed E-state index contributed by atoms with van der Waals surface area (Å²) in [6.45, 7) is 18.8. The van der Waals surface area contributed by atoms with Gasteiger partial charge in [0.05, 0.1) is 5.92 Å². The van der Waals surface area contributed by atoms with Gasteiger partial charge in [-0.2, -0.15) is 0 Å². The van der Waals surface area contributed by atoms with Crippen LogP contribution in [0.2, 0.25) is 0 Å². The van der Waals surface area contributed by atoms with E-state index in [2.05, 4.69) is 48.1 Å². The van der Waals surface area contributed by atoms with Crippen molar-refractivity contribution in [3.63, 3.8) is 0 Å². The fraction of sp³-hybridized carbons (Fsp3) is 0.903. The zero-order chi connectivity index (χ0) is 24.7. The normalized spacial score (nSPS) is 50.9. The number of hydrogen-bond acceptors (Lipinski definition) is 2. The Labute approximate surface area is 208 Å². The summed E-state index contributed by atoms with van der Waals surface area (Å²) in [7, 11) is 0. The van der Waals surface area contributed by atoms with Crippen molar-refractivity contribution in [1.82, 2.24) is 0 Å². The zero-order valence-corrected chi connectivity index (χ0v) is 22.6. The van der Waals surface area contributed by atoms with E-state index in [0.717, 1.165) is 30.1 Å². The molecule has 10 unspecified atom stereocenters. The third kappa shape index (κ3) is 3.41. The van der Waals surface area contributed by atoms with Crippen LogP contribution in [0, 0.1) is 81.8 Å².